The lowest BCUT2D eigenvalue weighted by Gasteiger charge is -2.12. The number of rotatable bonds is 5. The van der Waals surface area contributed by atoms with Crippen LogP contribution in [0.4, 0.5) is 0 Å². The molecule has 0 heterocycles. The van der Waals surface area contributed by atoms with Crippen molar-refractivity contribution in [2.75, 3.05) is 6.61 Å². The molecule has 0 aliphatic carbocycles. The van der Waals surface area contributed by atoms with Crippen molar-refractivity contribution in [1.82, 2.24) is 0 Å². The molecule has 0 aliphatic heterocycles. The van der Waals surface area contributed by atoms with Crippen molar-refractivity contribution < 1.29 is 14.6 Å². The van der Waals surface area contributed by atoms with E-state index in [0.717, 1.165) is 0 Å². The first-order valence-electron chi connectivity index (χ1n) is 4.77. The number of benzene rings is 1. The second kappa shape index (κ2) is 5.98. The zero-order chi connectivity index (χ0) is 11.1. The van der Waals surface area contributed by atoms with Crippen molar-refractivity contribution >= 4 is 5.97 Å². The number of carbonyl (C=O) groups is 1. The number of ether oxygens (including phenoxy) is 1. The topological polar surface area (TPSA) is 46.5 Å². The molecule has 15 heavy (non-hydrogen) atoms. The summed E-state index contributed by atoms with van der Waals surface area (Å²) in [7, 11) is 0. The molecule has 0 saturated carbocycles. The molecule has 0 spiro atoms. The van der Waals surface area contributed by atoms with Crippen molar-refractivity contribution in [1.29, 1.82) is 0 Å². The van der Waals surface area contributed by atoms with Crippen LogP contribution in [0.3, 0.4) is 0 Å². The standard InChI is InChI=1S/C12H14O3/c1-2-11(8-9-13)15-12(14)10-6-4-3-5-7-10/h2-7,11,13H,1,8-9H2/t11-/m1/s1. The summed E-state index contributed by atoms with van der Waals surface area (Å²) in [5.41, 5.74) is 0.502. The minimum absolute atomic E-state index is 0.0290. The maximum Gasteiger partial charge on any atom is 0.338 e. The highest BCUT2D eigenvalue weighted by molar-refractivity contribution is 5.89. The fourth-order valence-corrected chi connectivity index (χ4v) is 1.13. The normalized spacial score (nSPS) is 11.8. The van der Waals surface area contributed by atoms with E-state index in [4.69, 9.17) is 9.84 Å². The maximum absolute atomic E-state index is 11.5. The molecule has 0 aromatic heterocycles. The Morgan fingerprint density at radius 3 is 2.67 bits per heavy atom. The quantitative estimate of drug-likeness (QED) is 0.590. The van der Waals surface area contributed by atoms with Gasteiger partial charge in [0, 0.05) is 13.0 Å². The van der Waals surface area contributed by atoms with Crippen molar-refractivity contribution in [2.45, 2.75) is 12.5 Å². The van der Waals surface area contributed by atoms with E-state index in [1.165, 1.54) is 6.08 Å². The van der Waals surface area contributed by atoms with E-state index < -0.39 is 12.1 Å². The predicted molar refractivity (Wildman–Crippen MR) is 57.5 cm³/mol. The molecular formula is C12H14O3. The highest BCUT2D eigenvalue weighted by Gasteiger charge is 2.11. The van der Waals surface area contributed by atoms with E-state index in [9.17, 15) is 4.79 Å². The number of esters is 1. The van der Waals surface area contributed by atoms with Gasteiger partial charge in [0.2, 0.25) is 0 Å². The lowest BCUT2D eigenvalue weighted by Crippen LogP contribution is -2.17. The molecule has 0 amide bonds. The molecule has 0 fully saturated rings. The molecule has 3 heteroatoms. The van der Waals surface area contributed by atoms with Crippen LogP contribution in [0.5, 0.6) is 0 Å². The Bertz CT molecular complexity index is 319. The smallest absolute Gasteiger partial charge is 0.338 e. The third-order valence-electron chi connectivity index (χ3n) is 1.94. The summed E-state index contributed by atoms with van der Waals surface area (Å²) in [5, 5.41) is 8.71. The minimum atomic E-state index is -0.428. The van der Waals surface area contributed by atoms with Gasteiger partial charge in [0.25, 0.3) is 0 Å². The van der Waals surface area contributed by atoms with E-state index in [1.807, 2.05) is 6.07 Å². The van der Waals surface area contributed by atoms with E-state index >= 15 is 0 Å². The molecule has 0 saturated heterocycles. The van der Waals surface area contributed by atoms with Gasteiger partial charge in [-0.2, -0.15) is 0 Å². The van der Waals surface area contributed by atoms with Crippen molar-refractivity contribution in [2.24, 2.45) is 0 Å². The van der Waals surface area contributed by atoms with Crippen molar-refractivity contribution in [3.63, 3.8) is 0 Å². The maximum atomic E-state index is 11.5. The van der Waals surface area contributed by atoms with Crippen LogP contribution in [0.25, 0.3) is 0 Å². The summed E-state index contributed by atoms with van der Waals surface area (Å²) in [4.78, 5) is 11.5. The van der Waals surface area contributed by atoms with E-state index in [0.29, 0.717) is 12.0 Å². The first-order chi connectivity index (χ1) is 7.27. The van der Waals surface area contributed by atoms with Gasteiger partial charge in [0.05, 0.1) is 5.56 Å². The van der Waals surface area contributed by atoms with Crippen LogP contribution in [-0.2, 0) is 4.74 Å². The van der Waals surface area contributed by atoms with Crippen LogP contribution >= 0.6 is 0 Å². The third-order valence-corrected chi connectivity index (χ3v) is 1.94. The average molecular weight is 206 g/mol. The van der Waals surface area contributed by atoms with Gasteiger partial charge < -0.3 is 9.84 Å². The molecule has 1 aromatic carbocycles. The van der Waals surface area contributed by atoms with Gasteiger partial charge >= 0.3 is 5.97 Å². The molecule has 1 aromatic rings. The Morgan fingerprint density at radius 1 is 1.47 bits per heavy atom. The third kappa shape index (κ3) is 3.56. The van der Waals surface area contributed by atoms with Crippen LogP contribution < -0.4 is 0 Å². The van der Waals surface area contributed by atoms with Gasteiger partial charge in [-0.05, 0) is 12.1 Å². The minimum Gasteiger partial charge on any atom is -0.454 e. The molecule has 1 atom stereocenters. The zero-order valence-corrected chi connectivity index (χ0v) is 8.43. The van der Waals surface area contributed by atoms with Crippen LogP contribution in [0, 0.1) is 0 Å². The van der Waals surface area contributed by atoms with Crippen LogP contribution in [-0.4, -0.2) is 23.8 Å². The van der Waals surface area contributed by atoms with Crippen LogP contribution in [0.2, 0.25) is 0 Å². The number of hydrogen-bond acceptors (Lipinski definition) is 3. The fourth-order valence-electron chi connectivity index (χ4n) is 1.13. The fraction of sp³-hybridized carbons (Fsp3) is 0.250. The van der Waals surface area contributed by atoms with E-state index in [-0.39, 0.29) is 6.61 Å². The van der Waals surface area contributed by atoms with Crippen LogP contribution in [0.1, 0.15) is 16.8 Å². The second-order valence-corrected chi connectivity index (χ2v) is 3.06. The van der Waals surface area contributed by atoms with E-state index in [2.05, 4.69) is 6.58 Å². The van der Waals surface area contributed by atoms with Gasteiger partial charge in [0.15, 0.2) is 0 Å². The summed E-state index contributed by atoms with van der Waals surface area (Å²) in [6.45, 7) is 3.51. The molecule has 1 N–H and O–H groups in total. The summed E-state index contributed by atoms with van der Waals surface area (Å²) in [6, 6.07) is 8.73. The average Bonchev–Trinajstić information content (AvgIpc) is 2.29. The van der Waals surface area contributed by atoms with Gasteiger partial charge in [-0.15, -0.1) is 0 Å². The van der Waals surface area contributed by atoms with E-state index in [1.54, 1.807) is 24.3 Å². The van der Waals surface area contributed by atoms with Crippen molar-refractivity contribution in [3.05, 3.63) is 48.6 Å². The lowest BCUT2D eigenvalue weighted by atomic mass is 10.2. The van der Waals surface area contributed by atoms with Crippen molar-refractivity contribution in [3.8, 4) is 0 Å². The molecule has 0 unspecified atom stereocenters. The predicted octanol–water partition coefficient (Wildman–Crippen LogP) is 1.78. The van der Waals surface area contributed by atoms with Gasteiger partial charge in [-0.1, -0.05) is 30.9 Å². The molecule has 0 aliphatic rings. The molecule has 0 bridgehead atoms. The largest absolute Gasteiger partial charge is 0.454 e. The molecule has 3 nitrogen and oxygen atoms in total. The summed E-state index contributed by atoms with van der Waals surface area (Å²) < 4.78 is 5.11. The van der Waals surface area contributed by atoms with Gasteiger partial charge in [-0.25, -0.2) is 4.79 Å². The SMILES string of the molecule is C=C[C@H](CCO)OC(=O)c1ccccc1. The Hall–Kier alpha value is -1.61. The molecule has 80 valence electrons. The lowest BCUT2D eigenvalue weighted by molar-refractivity contribution is 0.0351. The number of carbonyl (C=O) groups excluding carboxylic acids is 1. The zero-order valence-electron chi connectivity index (χ0n) is 8.43. The first-order valence-corrected chi connectivity index (χ1v) is 4.77. The molecular weight excluding hydrogens is 192 g/mol. The first kappa shape index (κ1) is 11.5. The van der Waals surface area contributed by atoms with Crippen LogP contribution in [0.15, 0.2) is 43.0 Å². The monoisotopic (exact) mass is 206 g/mol. The highest BCUT2D eigenvalue weighted by Crippen LogP contribution is 2.06. The second-order valence-electron chi connectivity index (χ2n) is 3.06. The molecule has 0 radical (unpaired) electrons. The summed E-state index contributed by atoms with van der Waals surface area (Å²) in [5.74, 6) is -0.394. The molecule has 1 rings (SSSR count). The van der Waals surface area contributed by atoms with Gasteiger partial charge in [0.1, 0.15) is 6.10 Å². The number of aliphatic hydroxyl groups excluding tert-OH is 1. The number of hydrogen-bond donors (Lipinski definition) is 1. The Morgan fingerprint density at radius 2 is 2.13 bits per heavy atom. The Kier molecular flexibility index (Phi) is 4.57. The Balaban J connectivity index is 2.58. The Labute approximate surface area is 89.0 Å². The number of aliphatic hydroxyl groups is 1. The summed E-state index contributed by atoms with van der Waals surface area (Å²) >= 11 is 0. The summed E-state index contributed by atoms with van der Waals surface area (Å²) in [6.07, 6.45) is 1.46. The highest BCUT2D eigenvalue weighted by atomic mass is 16.5. The van der Waals surface area contributed by atoms with Gasteiger partial charge in [-0.3, -0.25) is 0 Å².